The monoisotopic (exact) mass is 346 g/mol. The fourth-order valence-electron chi connectivity index (χ4n) is 3.38. The Hall–Kier alpha value is -2.22. The van der Waals surface area contributed by atoms with E-state index in [-0.39, 0.29) is 17.9 Å². The van der Waals surface area contributed by atoms with Crippen LogP contribution in [-0.4, -0.2) is 56.3 Å². The largest absolute Gasteiger partial charge is 0.355 e. The molecule has 8 nitrogen and oxygen atoms in total. The molecule has 3 rings (SSSR count). The van der Waals surface area contributed by atoms with E-state index in [9.17, 15) is 9.59 Å². The van der Waals surface area contributed by atoms with Gasteiger partial charge in [-0.05, 0) is 25.3 Å². The Morgan fingerprint density at radius 2 is 2.24 bits per heavy atom. The SMILES string of the molecule is C[C@H]1CCCN(CCNC(=O)CCn2cnc3c(cnn3C)c2=O)C1. The molecular formula is C17H26N6O2. The first kappa shape index (κ1) is 17.6. The second kappa shape index (κ2) is 7.77. The van der Waals surface area contributed by atoms with E-state index in [1.807, 2.05) is 0 Å². The maximum absolute atomic E-state index is 12.3. The van der Waals surface area contributed by atoms with Crippen molar-refractivity contribution in [3.63, 3.8) is 0 Å². The Bertz CT molecular complexity index is 796. The summed E-state index contributed by atoms with van der Waals surface area (Å²) in [4.78, 5) is 31.0. The molecule has 1 fully saturated rings. The minimum Gasteiger partial charge on any atom is -0.355 e. The van der Waals surface area contributed by atoms with E-state index in [1.54, 1.807) is 11.7 Å². The highest BCUT2D eigenvalue weighted by atomic mass is 16.1. The molecule has 0 aromatic carbocycles. The van der Waals surface area contributed by atoms with Gasteiger partial charge in [-0.2, -0.15) is 5.10 Å². The third kappa shape index (κ3) is 4.25. The van der Waals surface area contributed by atoms with Gasteiger partial charge in [0.25, 0.3) is 5.56 Å². The van der Waals surface area contributed by atoms with Crippen LogP contribution in [0.2, 0.25) is 0 Å². The minimum absolute atomic E-state index is 0.0387. The zero-order valence-corrected chi connectivity index (χ0v) is 14.9. The second-order valence-corrected chi connectivity index (χ2v) is 6.90. The lowest BCUT2D eigenvalue weighted by Crippen LogP contribution is -2.40. The summed E-state index contributed by atoms with van der Waals surface area (Å²) in [6, 6.07) is 0. The minimum atomic E-state index is -0.159. The van der Waals surface area contributed by atoms with Crippen molar-refractivity contribution in [2.75, 3.05) is 26.2 Å². The van der Waals surface area contributed by atoms with Crippen molar-refractivity contribution in [2.45, 2.75) is 32.7 Å². The number of piperidine rings is 1. The summed E-state index contributed by atoms with van der Waals surface area (Å²) in [6.45, 7) is 6.37. The fraction of sp³-hybridized carbons (Fsp3) is 0.647. The Morgan fingerprint density at radius 1 is 1.40 bits per heavy atom. The van der Waals surface area contributed by atoms with Gasteiger partial charge in [-0.15, -0.1) is 0 Å². The van der Waals surface area contributed by atoms with Gasteiger partial charge < -0.3 is 10.2 Å². The molecule has 1 amide bonds. The molecule has 136 valence electrons. The standard InChI is InChI=1S/C17H26N6O2/c1-13-4-3-7-22(11-13)9-6-18-15(24)5-8-23-12-19-16-14(17(23)25)10-20-21(16)2/h10,12-13H,3-9,11H2,1-2H3,(H,18,24)/t13-/m0/s1. The molecule has 0 bridgehead atoms. The van der Waals surface area contributed by atoms with Gasteiger partial charge in [-0.1, -0.05) is 6.92 Å². The van der Waals surface area contributed by atoms with E-state index < -0.39 is 0 Å². The summed E-state index contributed by atoms with van der Waals surface area (Å²) in [5, 5.41) is 7.46. The van der Waals surface area contributed by atoms with Gasteiger partial charge in [-0.3, -0.25) is 18.8 Å². The van der Waals surface area contributed by atoms with E-state index in [1.165, 1.54) is 29.9 Å². The zero-order valence-electron chi connectivity index (χ0n) is 14.9. The Balaban J connectivity index is 1.46. The zero-order chi connectivity index (χ0) is 17.8. The summed E-state index contributed by atoms with van der Waals surface area (Å²) < 4.78 is 3.03. The summed E-state index contributed by atoms with van der Waals surface area (Å²) in [5.41, 5.74) is 0.398. The predicted molar refractivity (Wildman–Crippen MR) is 95.2 cm³/mol. The van der Waals surface area contributed by atoms with Crippen LogP contribution in [0.5, 0.6) is 0 Å². The van der Waals surface area contributed by atoms with Crippen molar-refractivity contribution >= 4 is 16.9 Å². The molecule has 1 N–H and O–H groups in total. The highest BCUT2D eigenvalue weighted by Crippen LogP contribution is 2.14. The number of rotatable bonds is 6. The highest BCUT2D eigenvalue weighted by molar-refractivity contribution is 5.76. The Morgan fingerprint density at radius 3 is 3.04 bits per heavy atom. The van der Waals surface area contributed by atoms with E-state index in [0.29, 0.717) is 24.1 Å². The van der Waals surface area contributed by atoms with Crippen LogP contribution in [0.25, 0.3) is 11.0 Å². The number of aromatic nitrogens is 4. The van der Waals surface area contributed by atoms with Crippen molar-refractivity contribution in [2.24, 2.45) is 13.0 Å². The summed E-state index contributed by atoms with van der Waals surface area (Å²) in [7, 11) is 1.75. The van der Waals surface area contributed by atoms with Crippen LogP contribution in [0.1, 0.15) is 26.2 Å². The molecule has 25 heavy (non-hydrogen) atoms. The molecule has 8 heteroatoms. The second-order valence-electron chi connectivity index (χ2n) is 6.90. The average Bonchev–Trinajstić information content (AvgIpc) is 2.96. The number of hydrogen-bond acceptors (Lipinski definition) is 5. The smallest absolute Gasteiger partial charge is 0.264 e. The first-order chi connectivity index (χ1) is 12.0. The number of carbonyl (C=O) groups excluding carboxylic acids is 1. The number of nitrogens with zero attached hydrogens (tertiary/aromatic N) is 5. The molecule has 1 aliphatic heterocycles. The number of nitrogens with one attached hydrogen (secondary N) is 1. The average molecular weight is 346 g/mol. The molecule has 1 atom stereocenters. The lowest BCUT2D eigenvalue weighted by atomic mass is 10.0. The van der Waals surface area contributed by atoms with E-state index in [4.69, 9.17) is 0 Å². The number of aryl methyl sites for hydroxylation is 2. The highest BCUT2D eigenvalue weighted by Gasteiger charge is 2.15. The molecular weight excluding hydrogens is 320 g/mol. The first-order valence-corrected chi connectivity index (χ1v) is 8.91. The first-order valence-electron chi connectivity index (χ1n) is 8.91. The van der Waals surface area contributed by atoms with E-state index in [0.717, 1.165) is 25.6 Å². The lowest BCUT2D eigenvalue weighted by molar-refractivity contribution is -0.121. The molecule has 0 saturated carbocycles. The van der Waals surface area contributed by atoms with E-state index in [2.05, 4.69) is 27.2 Å². The molecule has 2 aromatic rings. The van der Waals surface area contributed by atoms with Crippen LogP contribution in [0.15, 0.2) is 17.3 Å². The summed E-state index contributed by atoms with van der Waals surface area (Å²) >= 11 is 0. The maximum atomic E-state index is 12.3. The topological polar surface area (TPSA) is 85.1 Å². The number of carbonyl (C=O) groups is 1. The van der Waals surface area contributed by atoms with Crippen molar-refractivity contribution in [1.82, 2.24) is 29.5 Å². The van der Waals surface area contributed by atoms with E-state index >= 15 is 0 Å². The Kier molecular flexibility index (Phi) is 5.47. The van der Waals surface area contributed by atoms with Crippen molar-refractivity contribution in [3.05, 3.63) is 22.9 Å². The Labute approximate surface area is 146 Å². The van der Waals surface area contributed by atoms with Crippen molar-refractivity contribution in [3.8, 4) is 0 Å². The summed E-state index contributed by atoms with van der Waals surface area (Å²) in [6.07, 6.45) is 5.80. The van der Waals surface area contributed by atoms with Gasteiger partial charge in [0.2, 0.25) is 5.91 Å². The van der Waals surface area contributed by atoms with Crippen molar-refractivity contribution in [1.29, 1.82) is 0 Å². The molecule has 1 saturated heterocycles. The van der Waals surface area contributed by atoms with Gasteiger partial charge >= 0.3 is 0 Å². The number of likely N-dealkylation sites (tertiary alicyclic amines) is 1. The number of hydrogen-bond donors (Lipinski definition) is 1. The van der Waals surface area contributed by atoms with Gasteiger partial charge in [0.05, 0.1) is 12.5 Å². The molecule has 3 heterocycles. The molecule has 1 aliphatic rings. The molecule has 0 radical (unpaired) electrons. The third-order valence-electron chi connectivity index (χ3n) is 4.79. The number of amides is 1. The molecule has 0 spiro atoms. The van der Waals surface area contributed by atoms with Gasteiger partial charge in [-0.25, -0.2) is 4.98 Å². The molecule has 0 aliphatic carbocycles. The fourth-order valence-corrected chi connectivity index (χ4v) is 3.38. The number of fused-ring (bicyclic) bond motifs is 1. The van der Waals surface area contributed by atoms with Gasteiger partial charge in [0.15, 0.2) is 5.65 Å². The lowest BCUT2D eigenvalue weighted by Gasteiger charge is -2.30. The third-order valence-corrected chi connectivity index (χ3v) is 4.79. The summed E-state index contributed by atoms with van der Waals surface area (Å²) in [5.74, 6) is 0.703. The van der Waals surface area contributed by atoms with Crippen LogP contribution >= 0.6 is 0 Å². The van der Waals surface area contributed by atoms with Crippen LogP contribution < -0.4 is 10.9 Å². The van der Waals surface area contributed by atoms with Crippen molar-refractivity contribution < 1.29 is 4.79 Å². The maximum Gasteiger partial charge on any atom is 0.264 e. The quantitative estimate of drug-likeness (QED) is 0.817. The van der Waals surface area contributed by atoms with Crippen LogP contribution in [0.4, 0.5) is 0 Å². The predicted octanol–water partition coefficient (Wildman–Crippen LogP) is 0.368. The van der Waals surface area contributed by atoms with Crippen LogP contribution in [0.3, 0.4) is 0 Å². The molecule has 2 aromatic heterocycles. The van der Waals surface area contributed by atoms with Gasteiger partial charge in [0, 0.05) is 39.6 Å². The van der Waals surface area contributed by atoms with Crippen LogP contribution in [-0.2, 0) is 18.4 Å². The molecule has 0 unspecified atom stereocenters. The van der Waals surface area contributed by atoms with Gasteiger partial charge in [0.1, 0.15) is 5.39 Å². The normalized spacial score (nSPS) is 18.6. The van der Waals surface area contributed by atoms with Crippen LogP contribution in [0, 0.1) is 5.92 Å².